The van der Waals surface area contributed by atoms with Crippen molar-refractivity contribution in [3.8, 4) is 5.75 Å². The van der Waals surface area contributed by atoms with Crippen molar-refractivity contribution in [1.82, 2.24) is 20.3 Å². The third kappa shape index (κ3) is 3.12. The number of anilines is 1. The fourth-order valence-corrected chi connectivity index (χ4v) is 2.11. The molecule has 0 spiro atoms. The van der Waals surface area contributed by atoms with E-state index < -0.39 is 0 Å². The molecule has 0 saturated carbocycles. The third-order valence-electron chi connectivity index (χ3n) is 3.30. The molecule has 0 atom stereocenters. The van der Waals surface area contributed by atoms with E-state index in [0.29, 0.717) is 22.4 Å². The van der Waals surface area contributed by atoms with Gasteiger partial charge in [-0.1, -0.05) is 46.3 Å². The van der Waals surface area contributed by atoms with E-state index in [9.17, 15) is 4.79 Å². The van der Waals surface area contributed by atoms with E-state index in [2.05, 4.69) is 20.6 Å². The number of hydrogen-bond donors (Lipinski definition) is 1. The van der Waals surface area contributed by atoms with Gasteiger partial charge in [-0.15, -0.1) is 0 Å². The van der Waals surface area contributed by atoms with Crippen LogP contribution in [0.3, 0.4) is 0 Å². The zero-order chi connectivity index (χ0) is 16.9. The van der Waals surface area contributed by atoms with Crippen LogP contribution in [0.5, 0.6) is 5.75 Å². The number of ether oxygens (including phenoxy) is 1. The summed E-state index contributed by atoms with van der Waals surface area (Å²) in [5, 5.41) is 14.6. The lowest BCUT2D eigenvalue weighted by molar-refractivity contribution is 0.103. The minimum absolute atomic E-state index is 0.0779. The number of benzene rings is 2. The Morgan fingerprint density at radius 2 is 2.04 bits per heavy atom. The van der Waals surface area contributed by atoms with Gasteiger partial charge in [0.1, 0.15) is 5.75 Å². The highest BCUT2D eigenvalue weighted by atomic mass is 16.5. The average Bonchev–Trinajstić information content (AvgIpc) is 3.04. The van der Waals surface area contributed by atoms with Crippen LogP contribution in [0, 0.1) is 0 Å². The SMILES string of the molecule is COc1cc(C=Nn2nnnc2N)ccc1C(=O)c1ccccc1. The number of carbonyl (C=O) groups excluding carboxylic acids is 1. The highest BCUT2D eigenvalue weighted by Gasteiger charge is 2.14. The molecule has 24 heavy (non-hydrogen) atoms. The van der Waals surface area contributed by atoms with Crippen LogP contribution in [0.2, 0.25) is 0 Å². The molecular formula is C16H14N6O2. The van der Waals surface area contributed by atoms with E-state index in [4.69, 9.17) is 10.5 Å². The highest BCUT2D eigenvalue weighted by Crippen LogP contribution is 2.22. The van der Waals surface area contributed by atoms with Gasteiger partial charge in [-0.05, 0) is 28.1 Å². The van der Waals surface area contributed by atoms with E-state index in [-0.39, 0.29) is 11.7 Å². The van der Waals surface area contributed by atoms with Crippen LogP contribution in [0.25, 0.3) is 0 Å². The monoisotopic (exact) mass is 322 g/mol. The molecule has 0 fully saturated rings. The van der Waals surface area contributed by atoms with Gasteiger partial charge in [-0.25, -0.2) is 0 Å². The number of aromatic nitrogens is 4. The molecule has 8 nitrogen and oxygen atoms in total. The predicted octanol–water partition coefficient (Wildman–Crippen LogP) is 1.38. The molecular weight excluding hydrogens is 308 g/mol. The highest BCUT2D eigenvalue weighted by molar-refractivity contribution is 6.11. The molecule has 3 aromatic rings. The molecule has 8 heteroatoms. The Hall–Kier alpha value is -3.55. The third-order valence-corrected chi connectivity index (χ3v) is 3.30. The van der Waals surface area contributed by atoms with E-state index in [1.807, 2.05) is 18.2 Å². The Kier molecular flexibility index (Phi) is 4.28. The molecule has 3 rings (SSSR count). The Morgan fingerprint density at radius 1 is 1.25 bits per heavy atom. The fraction of sp³-hybridized carbons (Fsp3) is 0.0625. The lowest BCUT2D eigenvalue weighted by atomic mass is 10.0. The van der Waals surface area contributed by atoms with Gasteiger partial charge in [0.05, 0.1) is 18.9 Å². The van der Waals surface area contributed by atoms with Gasteiger partial charge in [-0.2, -0.15) is 5.10 Å². The first-order chi connectivity index (χ1) is 11.7. The summed E-state index contributed by atoms with van der Waals surface area (Å²) in [5.74, 6) is 0.423. The van der Waals surface area contributed by atoms with Crippen LogP contribution in [0.4, 0.5) is 5.95 Å². The van der Waals surface area contributed by atoms with Crippen molar-refractivity contribution in [2.75, 3.05) is 12.8 Å². The van der Waals surface area contributed by atoms with Crippen LogP contribution in [-0.4, -0.2) is 39.4 Å². The summed E-state index contributed by atoms with van der Waals surface area (Å²) in [6, 6.07) is 14.2. The van der Waals surface area contributed by atoms with E-state index >= 15 is 0 Å². The molecule has 2 aromatic carbocycles. The van der Waals surface area contributed by atoms with Crippen molar-refractivity contribution in [3.63, 3.8) is 0 Å². The number of rotatable bonds is 5. The first kappa shape index (κ1) is 15.3. The molecule has 1 heterocycles. The second kappa shape index (κ2) is 6.69. The first-order valence-electron chi connectivity index (χ1n) is 7.05. The molecule has 0 amide bonds. The van der Waals surface area contributed by atoms with Gasteiger partial charge in [0, 0.05) is 5.56 Å². The van der Waals surface area contributed by atoms with Crippen LogP contribution in [0.1, 0.15) is 21.5 Å². The Morgan fingerprint density at radius 3 is 2.71 bits per heavy atom. The molecule has 1 aromatic heterocycles. The average molecular weight is 322 g/mol. The van der Waals surface area contributed by atoms with Crippen LogP contribution < -0.4 is 10.5 Å². The van der Waals surface area contributed by atoms with Gasteiger partial charge >= 0.3 is 0 Å². The lowest BCUT2D eigenvalue weighted by Crippen LogP contribution is -2.05. The summed E-state index contributed by atoms with van der Waals surface area (Å²) in [4.78, 5) is 13.7. The number of tetrazole rings is 1. The standard InChI is InChI=1S/C16H14N6O2/c1-24-14-9-11(10-18-22-16(17)19-20-21-22)7-8-13(14)15(23)12-5-3-2-4-6-12/h2-10H,1H3,(H2,17,19,21). The van der Waals surface area contributed by atoms with Crippen molar-refractivity contribution in [1.29, 1.82) is 0 Å². The van der Waals surface area contributed by atoms with Crippen molar-refractivity contribution in [2.45, 2.75) is 0 Å². The number of methoxy groups -OCH3 is 1. The normalized spacial score (nSPS) is 10.9. The van der Waals surface area contributed by atoms with Gasteiger partial charge in [0.25, 0.3) is 5.95 Å². The van der Waals surface area contributed by atoms with E-state index in [0.717, 1.165) is 4.79 Å². The second-order valence-corrected chi connectivity index (χ2v) is 4.83. The maximum Gasteiger partial charge on any atom is 0.263 e. The summed E-state index contributed by atoms with van der Waals surface area (Å²) in [7, 11) is 1.51. The molecule has 0 aliphatic carbocycles. The summed E-state index contributed by atoms with van der Waals surface area (Å²) in [6.45, 7) is 0. The molecule has 0 aliphatic heterocycles. The number of hydrogen-bond acceptors (Lipinski definition) is 7. The molecule has 0 aliphatic rings. The first-order valence-corrected chi connectivity index (χ1v) is 7.05. The lowest BCUT2D eigenvalue weighted by Gasteiger charge is -2.08. The number of nitrogen functional groups attached to an aromatic ring is 1. The number of nitrogens with zero attached hydrogens (tertiary/aromatic N) is 5. The Bertz CT molecular complexity index is 889. The smallest absolute Gasteiger partial charge is 0.263 e. The van der Waals surface area contributed by atoms with Crippen molar-refractivity contribution >= 4 is 17.9 Å². The number of ketones is 1. The molecule has 0 saturated heterocycles. The Balaban J connectivity index is 1.90. The van der Waals surface area contributed by atoms with Crippen LogP contribution in [-0.2, 0) is 0 Å². The zero-order valence-electron chi connectivity index (χ0n) is 12.8. The number of carbonyl (C=O) groups is 1. The van der Waals surface area contributed by atoms with Gasteiger partial charge in [0.15, 0.2) is 5.78 Å². The topological polar surface area (TPSA) is 108 Å². The van der Waals surface area contributed by atoms with Crippen molar-refractivity contribution < 1.29 is 9.53 Å². The maximum atomic E-state index is 12.6. The Labute approximate surface area is 137 Å². The van der Waals surface area contributed by atoms with E-state index in [1.165, 1.54) is 13.3 Å². The quantitative estimate of drug-likeness (QED) is 0.561. The number of nitrogens with two attached hydrogens (primary N) is 1. The van der Waals surface area contributed by atoms with Crippen molar-refractivity contribution in [2.24, 2.45) is 5.10 Å². The summed E-state index contributed by atoms with van der Waals surface area (Å²) >= 11 is 0. The van der Waals surface area contributed by atoms with Crippen LogP contribution >= 0.6 is 0 Å². The summed E-state index contributed by atoms with van der Waals surface area (Å²) < 4.78 is 5.34. The molecule has 120 valence electrons. The molecule has 0 bridgehead atoms. The molecule has 0 unspecified atom stereocenters. The van der Waals surface area contributed by atoms with E-state index in [1.54, 1.807) is 30.3 Å². The zero-order valence-corrected chi connectivity index (χ0v) is 12.8. The summed E-state index contributed by atoms with van der Waals surface area (Å²) in [5.41, 5.74) is 7.32. The van der Waals surface area contributed by atoms with Crippen molar-refractivity contribution in [3.05, 3.63) is 65.2 Å². The largest absolute Gasteiger partial charge is 0.496 e. The molecule has 0 radical (unpaired) electrons. The predicted molar refractivity (Wildman–Crippen MR) is 88.1 cm³/mol. The fourth-order valence-electron chi connectivity index (χ4n) is 2.11. The minimum Gasteiger partial charge on any atom is -0.496 e. The van der Waals surface area contributed by atoms with Gasteiger partial charge in [0.2, 0.25) is 0 Å². The maximum absolute atomic E-state index is 12.6. The summed E-state index contributed by atoms with van der Waals surface area (Å²) in [6.07, 6.45) is 1.52. The minimum atomic E-state index is -0.111. The van der Waals surface area contributed by atoms with Crippen LogP contribution in [0.15, 0.2) is 53.6 Å². The molecule has 2 N–H and O–H groups in total. The van der Waals surface area contributed by atoms with Gasteiger partial charge < -0.3 is 10.5 Å². The second-order valence-electron chi connectivity index (χ2n) is 4.83. The van der Waals surface area contributed by atoms with Gasteiger partial charge in [-0.3, -0.25) is 4.79 Å².